The molecule has 0 saturated carbocycles. The number of carbonyl (C=O) groups excluding carboxylic acids is 1. The summed E-state index contributed by atoms with van der Waals surface area (Å²) in [4.78, 5) is 11.7. The monoisotopic (exact) mass is 290 g/mol. The summed E-state index contributed by atoms with van der Waals surface area (Å²) in [5.74, 6) is -3.14. The van der Waals surface area contributed by atoms with Gasteiger partial charge in [0.1, 0.15) is 0 Å². The summed E-state index contributed by atoms with van der Waals surface area (Å²) in [5.41, 5.74) is 2.07. The van der Waals surface area contributed by atoms with E-state index in [1.807, 2.05) is 31.2 Å². The van der Waals surface area contributed by atoms with Crippen molar-refractivity contribution >= 4 is 18.3 Å². The van der Waals surface area contributed by atoms with E-state index in [0.717, 1.165) is 11.1 Å². The lowest BCUT2D eigenvalue weighted by molar-refractivity contribution is -0.123. The number of nitrogens with one attached hydrogen (secondary N) is 2. The predicted molar refractivity (Wildman–Crippen MR) is 71.6 cm³/mol. The minimum Gasteiger partial charge on any atom is -0.351 e. The van der Waals surface area contributed by atoms with Crippen LogP contribution in [0, 0.1) is 6.92 Å². The normalized spacial score (nSPS) is 20.7. The van der Waals surface area contributed by atoms with Crippen LogP contribution < -0.4 is 10.6 Å². The molecule has 1 aromatic rings. The Kier molecular flexibility index (Phi) is 5.26. The van der Waals surface area contributed by atoms with Gasteiger partial charge in [-0.1, -0.05) is 29.8 Å². The van der Waals surface area contributed by atoms with Gasteiger partial charge in [-0.15, -0.1) is 12.4 Å². The maximum absolute atomic E-state index is 12.9. The first kappa shape index (κ1) is 15.9. The van der Waals surface area contributed by atoms with Crippen LogP contribution in [-0.2, 0) is 11.3 Å². The van der Waals surface area contributed by atoms with E-state index < -0.39 is 24.9 Å². The molecule has 19 heavy (non-hydrogen) atoms. The average Bonchev–Trinajstić information content (AvgIpc) is 2.67. The first-order valence-electron chi connectivity index (χ1n) is 5.91. The van der Waals surface area contributed by atoms with Crippen LogP contribution in [-0.4, -0.2) is 24.4 Å². The van der Waals surface area contributed by atoms with Crippen LogP contribution in [0.5, 0.6) is 0 Å². The third-order valence-electron chi connectivity index (χ3n) is 2.98. The lowest BCUT2D eigenvalue weighted by Gasteiger charge is -2.11. The van der Waals surface area contributed by atoms with Crippen molar-refractivity contribution in [1.29, 1.82) is 0 Å². The summed E-state index contributed by atoms with van der Waals surface area (Å²) >= 11 is 0. The van der Waals surface area contributed by atoms with Crippen molar-refractivity contribution in [3.63, 3.8) is 0 Å². The van der Waals surface area contributed by atoms with Crippen molar-refractivity contribution in [2.75, 3.05) is 6.54 Å². The molecule has 1 atom stereocenters. The Balaban J connectivity index is 0.00000180. The third kappa shape index (κ3) is 4.44. The Morgan fingerprint density at radius 2 is 2.26 bits per heavy atom. The molecule has 3 nitrogen and oxygen atoms in total. The SMILES string of the molecule is Cc1cccc(CNC(=O)C2CC(F)(F)CN2)c1.Cl. The second-order valence-corrected chi connectivity index (χ2v) is 4.70. The number of benzene rings is 1. The standard InChI is InChI=1S/C13H16F2N2O.ClH/c1-9-3-2-4-10(5-9)7-16-12(18)11-6-13(14,15)8-17-11;/h2-5,11,17H,6-8H2,1H3,(H,16,18);1H. The zero-order valence-electron chi connectivity index (χ0n) is 10.6. The molecule has 1 saturated heterocycles. The molecule has 1 fully saturated rings. The summed E-state index contributed by atoms with van der Waals surface area (Å²) in [5, 5.41) is 5.20. The van der Waals surface area contributed by atoms with Gasteiger partial charge in [-0.25, -0.2) is 8.78 Å². The largest absolute Gasteiger partial charge is 0.351 e. The minimum atomic E-state index is -2.77. The van der Waals surface area contributed by atoms with Crippen LogP contribution in [0.4, 0.5) is 8.78 Å². The van der Waals surface area contributed by atoms with E-state index >= 15 is 0 Å². The van der Waals surface area contributed by atoms with Crippen molar-refractivity contribution in [1.82, 2.24) is 10.6 Å². The molecule has 0 radical (unpaired) electrons. The van der Waals surface area contributed by atoms with E-state index in [1.165, 1.54) is 0 Å². The van der Waals surface area contributed by atoms with Gasteiger partial charge in [-0.2, -0.15) is 0 Å². The summed E-state index contributed by atoms with van der Waals surface area (Å²) in [6.45, 7) is 1.91. The second-order valence-electron chi connectivity index (χ2n) is 4.70. The van der Waals surface area contributed by atoms with Gasteiger partial charge >= 0.3 is 0 Å². The van der Waals surface area contributed by atoms with Gasteiger partial charge < -0.3 is 5.32 Å². The van der Waals surface area contributed by atoms with Crippen LogP contribution in [0.25, 0.3) is 0 Å². The van der Waals surface area contributed by atoms with Gasteiger partial charge in [0.2, 0.25) is 5.91 Å². The van der Waals surface area contributed by atoms with Gasteiger partial charge in [-0.3, -0.25) is 10.1 Å². The first-order valence-corrected chi connectivity index (χ1v) is 5.91. The highest BCUT2D eigenvalue weighted by atomic mass is 35.5. The number of carbonyl (C=O) groups is 1. The summed E-state index contributed by atoms with van der Waals surface area (Å²) in [6.07, 6.45) is -0.424. The molecule has 1 amide bonds. The fraction of sp³-hybridized carbons (Fsp3) is 0.462. The molecule has 106 valence electrons. The number of amides is 1. The van der Waals surface area contributed by atoms with Crippen LogP contribution in [0.3, 0.4) is 0 Å². The Morgan fingerprint density at radius 3 is 2.84 bits per heavy atom. The quantitative estimate of drug-likeness (QED) is 0.894. The van der Waals surface area contributed by atoms with E-state index in [4.69, 9.17) is 0 Å². The summed E-state index contributed by atoms with van der Waals surface area (Å²) in [6, 6.07) is 6.93. The van der Waals surface area contributed by atoms with Crippen LogP contribution in [0.2, 0.25) is 0 Å². The predicted octanol–water partition coefficient (Wildman–Crippen LogP) is 2.03. The highest BCUT2D eigenvalue weighted by molar-refractivity contribution is 5.85. The Morgan fingerprint density at radius 1 is 1.53 bits per heavy atom. The average molecular weight is 291 g/mol. The van der Waals surface area contributed by atoms with Gasteiger partial charge in [-0.05, 0) is 12.5 Å². The summed E-state index contributed by atoms with van der Waals surface area (Å²) in [7, 11) is 0. The molecule has 2 N–H and O–H groups in total. The lowest BCUT2D eigenvalue weighted by atomic mass is 10.1. The fourth-order valence-corrected chi connectivity index (χ4v) is 2.04. The van der Waals surface area contributed by atoms with Gasteiger partial charge in [0.05, 0.1) is 12.6 Å². The molecule has 0 aromatic heterocycles. The molecule has 0 aliphatic carbocycles. The number of hydrogen-bond acceptors (Lipinski definition) is 2. The van der Waals surface area contributed by atoms with E-state index in [0.29, 0.717) is 6.54 Å². The van der Waals surface area contributed by atoms with Gasteiger partial charge in [0, 0.05) is 13.0 Å². The molecule has 2 rings (SSSR count). The lowest BCUT2D eigenvalue weighted by Crippen LogP contribution is -2.40. The fourth-order valence-electron chi connectivity index (χ4n) is 2.04. The smallest absolute Gasteiger partial charge is 0.262 e. The maximum atomic E-state index is 12.9. The first-order chi connectivity index (χ1) is 8.46. The van der Waals surface area contributed by atoms with E-state index in [9.17, 15) is 13.6 Å². The number of alkyl halides is 2. The van der Waals surface area contributed by atoms with Gasteiger partial charge in [0.25, 0.3) is 5.92 Å². The van der Waals surface area contributed by atoms with E-state index in [-0.39, 0.29) is 18.3 Å². The van der Waals surface area contributed by atoms with Crippen molar-refractivity contribution in [3.8, 4) is 0 Å². The molecule has 6 heteroatoms. The highest BCUT2D eigenvalue weighted by Crippen LogP contribution is 2.25. The summed E-state index contributed by atoms with van der Waals surface area (Å²) < 4.78 is 25.9. The number of rotatable bonds is 3. The maximum Gasteiger partial charge on any atom is 0.262 e. The third-order valence-corrected chi connectivity index (χ3v) is 2.98. The molecule has 1 unspecified atom stereocenters. The molecule has 0 spiro atoms. The van der Waals surface area contributed by atoms with E-state index in [2.05, 4.69) is 10.6 Å². The molecule has 1 heterocycles. The molecule has 1 aromatic carbocycles. The molecule has 1 aliphatic rings. The van der Waals surface area contributed by atoms with Crippen LogP contribution in [0.15, 0.2) is 24.3 Å². The second kappa shape index (κ2) is 6.30. The molecular weight excluding hydrogens is 274 g/mol. The molecular formula is C13H17ClF2N2O. The molecule has 0 bridgehead atoms. The molecule has 1 aliphatic heterocycles. The van der Waals surface area contributed by atoms with Gasteiger partial charge in [0.15, 0.2) is 0 Å². The van der Waals surface area contributed by atoms with Crippen LogP contribution in [0.1, 0.15) is 17.5 Å². The zero-order chi connectivity index (χ0) is 13.2. The number of halogens is 3. The van der Waals surface area contributed by atoms with Crippen molar-refractivity contribution in [3.05, 3.63) is 35.4 Å². The van der Waals surface area contributed by atoms with Crippen molar-refractivity contribution in [2.24, 2.45) is 0 Å². The van der Waals surface area contributed by atoms with Crippen LogP contribution >= 0.6 is 12.4 Å². The minimum absolute atomic E-state index is 0. The Labute approximate surface area is 117 Å². The highest BCUT2D eigenvalue weighted by Gasteiger charge is 2.42. The Bertz CT molecular complexity index is 454. The number of hydrogen-bond donors (Lipinski definition) is 2. The topological polar surface area (TPSA) is 41.1 Å². The number of aryl methyl sites for hydroxylation is 1. The van der Waals surface area contributed by atoms with E-state index in [1.54, 1.807) is 0 Å². The van der Waals surface area contributed by atoms with Crippen molar-refractivity contribution in [2.45, 2.75) is 31.9 Å². The van der Waals surface area contributed by atoms with Crippen molar-refractivity contribution < 1.29 is 13.6 Å². The Hall–Kier alpha value is -1.20. The zero-order valence-corrected chi connectivity index (χ0v) is 11.4.